The van der Waals surface area contributed by atoms with Crippen molar-refractivity contribution in [2.45, 2.75) is 23.9 Å². The van der Waals surface area contributed by atoms with E-state index in [1.54, 1.807) is 0 Å². The fraction of sp³-hybridized carbons (Fsp3) is 0.556. The monoisotopic (exact) mass is 197 g/mol. The van der Waals surface area contributed by atoms with E-state index in [-0.39, 0.29) is 10.9 Å². The molecule has 0 radical (unpaired) electrons. The van der Waals surface area contributed by atoms with Crippen LogP contribution >= 0.6 is 10.9 Å². The van der Waals surface area contributed by atoms with Gasteiger partial charge in [0.15, 0.2) is 5.16 Å². The second-order valence-electron chi connectivity index (χ2n) is 3.68. The maximum Gasteiger partial charge on any atom is 0.168 e. The number of hydrogen-bond acceptors (Lipinski definition) is 3. The van der Waals surface area contributed by atoms with Gasteiger partial charge in [-0.05, 0) is 31.3 Å². The summed E-state index contributed by atoms with van der Waals surface area (Å²) in [4.78, 5) is 8.67. The fourth-order valence-corrected chi connectivity index (χ4v) is 1.92. The maximum absolute atomic E-state index is 5.86. The molecule has 1 saturated carbocycles. The van der Waals surface area contributed by atoms with Gasteiger partial charge in [-0.1, -0.05) is 0 Å². The molecular weight excluding hydrogens is 182 g/mol. The molecule has 0 aromatic carbocycles. The summed E-state index contributed by atoms with van der Waals surface area (Å²) < 4.78 is 0. The first-order chi connectivity index (χ1) is 6.18. The Kier molecular flexibility index (Phi) is 2.15. The second-order valence-corrected chi connectivity index (χ2v) is 5.87. The molecule has 1 fully saturated rings. The largest absolute Gasteiger partial charge is 0.383 e. The highest BCUT2D eigenvalue weighted by molar-refractivity contribution is 8.15. The summed E-state index contributed by atoms with van der Waals surface area (Å²) >= 11 is 0. The van der Waals surface area contributed by atoms with Crippen LogP contribution in [-0.4, -0.2) is 22.5 Å². The summed E-state index contributed by atoms with van der Waals surface area (Å²) in [5, 5.41) is 0.914. The minimum Gasteiger partial charge on any atom is -0.383 e. The third-order valence-electron chi connectivity index (χ3n) is 2.25. The van der Waals surface area contributed by atoms with Crippen LogP contribution in [0.25, 0.3) is 0 Å². The van der Waals surface area contributed by atoms with Gasteiger partial charge in [-0.2, -0.15) is 10.9 Å². The van der Waals surface area contributed by atoms with E-state index in [2.05, 4.69) is 22.5 Å². The van der Waals surface area contributed by atoms with Crippen molar-refractivity contribution in [1.82, 2.24) is 9.97 Å². The molecule has 0 aliphatic heterocycles. The number of rotatable bonds is 2. The highest BCUT2D eigenvalue weighted by Crippen LogP contribution is 2.42. The quantitative estimate of drug-likeness (QED) is 0.559. The summed E-state index contributed by atoms with van der Waals surface area (Å²) in [5.74, 6) is 1.35. The van der Waals surface area contributed by atoms with Crippen molar-refractivity contribution in [3.05, 3.63) is 11.8 Å². The smallest absolute Gasteiger partial charge is 0.168 e. The van der Waals surface area contributed by atoms with Gasteiger partial charge in [0, 0.05) is 11.8 Å². The third-order valence-corrected chi connectivity index (χ3v) is 3.27. The molecule has 2 rings (SSSR count). The summed E-state index contributed by atoms with van der Waals surface area (Å²) in [6, 6.07) is 0. The first kappa shape index (κ1) is 8.81. The topological polar surface area (TPSA) is 51.8 Å². The Bertz CT molecular complexity index is 321. The molecule has 0 atom stereocenters. The molecule has 1 heterocycles. The third kappa shape index (κ3) is 1.77. The van der Waals surface area contributed by atoms with Crippen LogP contribution in [0.5, 0.6) is 0 Å². The fourth-order valence-electron chi connectivity index (χ4n) is 1.32. The van der Waals surface area contributed by atoms with E-state index >= 15 is 0 Å². The molecule has 13 heavy (non-hydrogen) atoms. The molecule has 1 aromatic heterocycles. The molecule has 0 spiro atoms. The number of aromatic nitrogens is 2. The van der Waals surface area contributed by atoms with Crippen molar-refractivity contribution in [2.75, 3.05) is 18.2 Å². The molecule has 0 saturated heterocycles. The predicted octanol–water partition coefficient (Wildman–Crippen LogP) is 1.56. The minimum atomic E-state index is -0.225. The van der Waals surface area contributed by atoms with Crippen molar-refractivity contribution in [3.8, 4) is 0 Å². The molecular formula is C9H15N3S. The van der Waals surface area contributed by atoms with Crippen molar-refractivity contribution in [3.63, 3.8) is 0 Å². The lowest BCUT2D eigenvalue weighted by atomic mass is 10.2. The average Bonchev–Trinajstić information content (AvgIpc) is 2.87. The van der Waals surface area contributed by atoms with Gasteiger partial charge in [-0.15, -0.1) is 0 Å². The van der Waals surface area contributed by atoms with Gasteiger partial charge in [0.25, 0.3) is 0 Å². The van der Waals surface area contributed by atoms with Gasteiger partial charge in [0.2, 0.25) is 0 Å². The zero-order valence-corrected chi connectivity index (χ0v) is 8.88. The van der Waals surface area contributed by atoms with Crippen molar-refractivity contribution in [1.29, 1.82) is 0 Å². The van der Waals surface area contributed by atoms with Crippen LogP contribution in [-0.2, 0) is 0 Å². The van der Waals surface area contributed by atoms with Gasteiger partial charge in [-0.3, -0.25) is 0 Å². The zero-order chi connectivity index (χ0) is 9.42. The van der Waals surface area contributed by atoms with E-state index in [4.69, 9.17) is 5.73 Å². The average molecular weight is 197 g/mol. The van der Waals surface area contributed by atoms with E-state index < -0.39 is 0 Å². The first-order valence-electron chi connectivity index (χ1n) is 4.48. The van der Waals surface area contributed by atoms with Crippen LogP contribution in [0.2, 0.25) is 0 Å². The Morgan fingerprint density at radius 3 is 2.62 bits per heavy atom. The molecule has 1 aliphatic rings. The molecule has 2 N–H and O–H groups in total. The summed E-state index contributed by atoms with van der Waals surface area (Å²) in [6.07, 6.45) is 8.69. The van der Waals surface area contributed by atoms with E-state index in [1.165, 1.54) is 12.8 Å². The predicted molar refractivity (Wildman–Crippen MR) is 57.5 cm³/mol. The van der Waals surface area contributed by atoms with Crippen LogP contribution in [0.15, 0.2) is 11.4 Å². The molecule has 3 nitrogen and oxygen atoms in total. The standard InChI is InChI=1S/C9H15N3S/c1-13(2)9-11-5-7(6-3-4-6)8(10)12-9/h5-6,13H,3-4H2,1-2H3,(H2,10,11,12). The molecule has 72 valence electrons. The van der Waals surface area contributed by atoms with Crippen LogP contribution in [0.3, 0.4) is 0 Å². The first-order valence-corrected chi connectivity index (χ1v) is 6.72. The van der Waals surface area contributed by atoms with Crippen molar-refractivity contribution < 1.29 is 0 Å². The summed E-state index contributed by atoms with van der Waals surface area (Å²) in [5.41, 5.74) is 7.01. The minimum absolute atomic E-state index is 0.225. The number of nitrogen functional groups attached to an aromatic ring is 1. The summed E-state index contributed by atoms with van der Waals surface area (Å²) in [6.45, 7) is 0. The zero-order valence-electron chi connectivity index (χ0n) is 7.99. The lowest BCUT2D eigenvalue weighted by Crippen LogP contribution is -2.01. The number of thiol groups is 1. The van der Waals surface area contributed by atoms with Crippen molar-refractivity contribution >= 4 is 16.7 Å². The van der Waals surface area contributed by atoms with Gasteiger partial charge >= 0.3 is 0 Å². The molecule has 1 aromatic rings. The Morgan fingerprint density at radius 1 is 1.46 bits per heavy atom. The number of hydrogen-bond donors (Lipinski definition) is 2. The maximum atomic E-state index is 5.86. The highest BCUT2D eigenvalue weighted by Gasteiger charge is 2.26. The molecule has 0 bridgehead atoms. The van der Waals surface area contributed by atoms with Crippen LogP contribution < -0.4 is 5.73 Å². The van der Waals surface area contributed by atoms with Crippen molar-refractivity contribution in [2.24, 2.45) is 0 Å². The Labute approximate surface area is 81.1 Å². The second kappa shape index (κ2) is 3.18. The number of anilines is 1. The van der Waals surface area contributed by atoms with E-state index in [1.807, 2.05) is 6.20 Å². The molecule has 0 amide bonds. The van der Waals surface area contributed by atoms with Gasteiger partial charge < -0.3 is 5.73 Å². The highest BCUT2D eigenvalue weighted by atomic mass is 32.2. The van der Waals surface area contributed by atoms with Gasteiger partial charge in [0.1, 0.15) is 5.82 Å². The van der Waals surface area contributed by atoms with Crippen LogP contribution in [0.1, 0.15) is 24.3 Å². The van der Waals surface area contributed by atoms with E-state index in [0.29, 0.717) is 11.7 Å². The normalized spacial score (nSPS) is 17.2. The Balaban J connectivity index is 2.31. The lowest BCUT2D eigenvalue weighted by Gasteiger charge is -2.09. The SMILES string of the molecule is C[SH](C)c1ncc(C2CC2)c(N)n1. The lowest BCUT2D eigenvalue weighted by molar-refractivity contribution is 0.930. The van der Waals surface area contributed by atoms with Gasteiger partial charge in [0.05, 0.1) is 0 Å². The Hall–Kier alpha value is -0.770. The Morgan fingerprint density at radius 2 is 2.15 bits per heavy atom. The number of nitrogens with two attached hydrogens (primary N) is 1. The molecule has 0 unspecified atom stereocenters. The summed E-state index contributed by atoms with van der Waals surface area (Å²) in [7, 11) is -0.225. The van der Waals surface area contributed by atoms with Crippen LogP contribution in [0, 0.1) is 0 Å². The van der Waals surface area contributed by atoms with Crippen LogP contribution in [0.4, 0.5) is 5.82 Å². The molecule has 1 aliphatic carbocycles. The molecule has 4 heteroatoms. The number of nitrogens with zero attached hydrogens (tertiary/aromatic N) is 2. The van der Waals surface area contributed by atoms with E-state index in [0.717, 1.165) is 10.7 Å². The van der Waals surface area contributed by atoms with Gasteiger partial charge in [-0.25, -0.2) is 9.97 Å². The van der Waals surface area contributed by atoms with E-state index in [9.17, 15) is 0 Å².